The standard InChI is InChI=1S/C20H19FN4O3/c1-28-13-19(26)24-17-11-23-25(12-17)18-7-5-15(6-8-18)20(27)22-10-14-3-2-4-16(21)9-14/h2-9,11-12H,10,13H2,1H3,(H,22,27)(H,24,26). The molecule has 8 heteroatoms. The average molecular weight is 382 g/mol. The highest BCUT2D eigenvalue weighted by Gasteiger charge is 2.08. The third-order valence-corrected chi connectivity index (χ3v) is 3.88. The van der Waals surface area contributed by atoms with E-state index >= 15 is 0 Å². The first kappa shape index (κ1) is 19.2. The monoisotopic (exact) mass is 382 g/mol. The van der Waals surface area contributed by atoms with E-state index in [0.717, 1.165) is 5.69 Å². The fourth-order valence-corrected chi connectivity index (χ4v) is 2.55. The van der Waals surface area contributed by atoms with Crippen LogP contribution in [-0.2, 0) is 16.1 Å². The summed E-state index contributed by atoms with van der Waals surface area (Å²) in [6.07, 6.45) is 3.18. The zero-order valence-electron chi connectivity index (χ0n) is 15.2. The number of rotatable bonds is 7. The molecule has 2 N–H and O–H groups in total. The highest BCUT2D eigenvalue weighted by Crippen LogP contribution is 2.13. The zero-order chi connectivity index (χ0) is 19.9. The summed E-state index contributed by atoms with van der Waals surface area (Å²) in [5.74, 6) is -0.871. The number of amides is 2. The maximum Gasteiger partial charge on any atom is 0.251 e. The van der Waals surface area contributed by atoms with Gasteiger partial charge in [-0.15, -0.1) is 0 Å². The summed E-state index contributed by atoms with van der Waals surface area (Å²) in [7, 11) is 1.44. The molecule has 0 aliphatic rings. The van der Waals surface area contributed by atoms with E-state index in [1.54, 1.807) is 47.3 Å². The van der Waals surface area contributed by atoms with Crippen LogP contribution < -0.4 is 10.6 Å². The van der Waals surface area contributed by atoms with Gasteiger partial charge in [-0.25, -0.2) is 9.07 Å². The highest BCUT2D eigenvalue weighted by molar-refractivity contribution is 5.94. The normalized spacial score (nSPS) is 10.5. The van der Waals surface area contributed by atoms with Gasteiger partial charge in [-0.2, -0.15) is 5.10 Å². The summed E-state index contributed by atoms with van der Waals surface area (Å²) in [6, 6.07) is 12.9. The number of methoxy groups -OCH3 is 1. The molecule has 0 unspecified atom stereocenters. The van der Waals surface area contributed by atoms with Gasteiger partial charge in [0.15, 0.2) is 0 Å². The van der Waals surface area contributed by atoms with E-state index in [4.69, 9.17) is 4.74 Å². The van der Waals surface area contributed by atoms with E-state index in [1.165, 1.54) is 25.4 Å². The molecule has 7 nitrogen and oxygen atoms in total. The molecule has 0 saturated heterocycles. The molecule has 28 heavy (non-hydrogen) atoms. The molecule has 3 rings (SSSR count). The lowest BCUT2D eigenvalue weighted by atomic mass is 10.1. The van der Waals surface area contributed by atoms with Crippen LogP contribution in [0, 0.1) is 5.82 Å². The van der Waals surface area contributed by atoms with Crippen molar-refractivity contribution >= 4 is 17.5 Å². The predicted molar refractivity (Wildman–Crippen MR) is 102 cm³/mol. The molecule has 144 valence electrons. The van der Waals surface area contributed by atoms with Crippen LogP contribution >= 0.6 is 0 Å². The number of anilines is 1. The first-order valence-electron chi connectivity index (χ1n) is 8.51. The van der Waals surface area contributed by atoms with Gasteiger partial charge in [-0.3, -0.25) is 9.59 Å². The van der Waals surface area contributed by atoms with Crippen LogP contribution in [0.1, 0.15) is 15.9 Å². The lowest BCUT2D eigenvalue weighted by Gasteiger charge is -2.07. The van der Waals surface area contributed by atoms with Gasteiger partial charge in [0, 0.05) is 19.2 Å². The zero-order valence-corrected chi connectivity index (χ0v) is 15.2. The van der Waals surface area contributed by atoms with Crippen molar-refractivity contribution in [2.45, 2.75) is 6.54 Å². The smallest absolute Gasteiger partial charge is 0.251 e. The number of ether oxygens (including phenoxy) is 1. The van der Waals surface area contributed by atoms with Crippen LogP contribution in [0.25, 0.3) is 5.69 Å². The van der Waals surface area contributed by atoms with Crippen molar-refractivity contribution < 1.29 is 18.7 Å². The van der Waals surface area contributed by atoms with E-state index in [0.29, 0.717) is 16.8 Å². The molecule has 0 atom stereocenters. The topological polar surface area (TPSA) is 85.2 Å². The summed E-state index contributed by atoms with van der Waals surface area (Å²) in [4.78, 5) is 23.8. The summed E-state index contributed by atoms with van der Waals surface area (Å²) in [5.41, 5.74) is 2.43. The maximum absolute atomic E-state index is 13.2. The van der Waals surface area contributed by atoms with Gasteiger partial charge in [0.1, 0.15) is 12.4 Å². The Morgan fingerprint density at radius 1 is 1.18 bits per heavy atom. The second-order valence-electron chi connectivity index (χ2n) is 6.01. The molecule has 0 aliphatic carbocycles. The summed E-state index contributed by atoms with van der Waals surface area (Å²) in [5, 5.41) is 9.60. The summed E-state index contributed by atoms with van der Waals surface area (Å²) >= 11 is 0. The maximum atomic E-state index is 13.2. The third kappa shape index (κ3) is 5.01. The molecule has 0 aliphatic heterocycles. The molecule has 0 spiro atoms. The number of hydrogen-bond acceptors (Lipinski definition) is 4. The number of nitrogens with one attached hydrogen (secondary N) is 2. The van der Waals surface area contributed by atoms with Crippen LogP contribution in [-0.4, -0.2) is 35.3 Å². The molecule has 2 aromatic carbocycles. The SMILES string of the molecule is COCC(=O)Nc1cnn(-c2ccc(C(=O)NCc3cccc(F)c3)cc2)c1. The van der Waals surface area contributed by atoms with Crippen molar-refractivity contribution in [2.24, 2.45) is 0 Å². The minimum Gasteiger partial charge on any atom is -0.375 e. The van der Waals surface area contributed by atoms with Gasteiger partial charge < -0.3 is 15.4 Å². The van der Waals surface area contributed by atoms with E-state index in [1.807, 2.05) is 0 Å². The van der Waals surface area contributed by atoms with Gasteiger partial charge in [0.2, 0.25) is 5.91 Å². The molecule has 1 heterocycles. The fraction of sp³-hybridized carbons (Fsp3) is 0.150. The lowest BCUT2D eigenvalue weighted by Crippen LogP contribution is -2.22. The molecule has 0 saturated carbocycles. The number of aromatic nitrogens is 2. The van der Waals surface area contributed by atoms with Crippen molar-refractivity contribution in [3.8, 4) is 5.69 Å². The van der Waals surface area contributed by atoms with Crippen LogP contribution in [0.15, 0.2) is 60.9 Å². The van der Waals surface area contributed by atoms with Gasteiger partial charge in [-0.05, 0) is 42.0 Å². The Hall–Kier alpha value is -3.52. The second kappa shape index (κ2) is 8.92. The number of benzene rings is 2. The summed E-state index contributed by atoms with van der Waals surface area (Å²) in [6.45, 7) is 0.201. The first-order valence-corrected chi connectivity index (χ1v) is 8.51. The minimum absolute atomic E-state index is 0.0371. The van der Waals surface area contributed by atoms with E-state index in [-0.39, 0.29) is 30.8 Å². The average Bonchev–Trinajstić information content (AvgIpc) is 3.15. The Bertz CT molecular complexity index is 970. The number of carbonyl (C=O) groups excluding carboxylic acids is 2. The van der Waals surface area contributed by atoms with Crippen LogP contribution in [0.5, 0.6) is 0 Å². The largest absolute Gasteiger partial charge is 0.375 e. The third-order valence-electron chi connectivity index (χ3n) is 3.88. The van der Waals surface area contributed by atoms with Gasteiger partial charge in [-0.1, -0.05) is 12.1 Å². The Morgan fingerprint density at radius 3 is 2.68 bits per heavy atom. The number of carbonyl (C=O) groups is 2. The molecule has 0 bridgehead atoms. The van der Waals surface area contributed by atoms with Gasteiger partial charge >= 0.3 is 0 Å². The van der Waals surface area contributed by atoms with E-state index < -0.39 is 0 Å². The molecular weight excluding hydrogens is 363 g/mol. The lowest BCUT2D eigenvalue weighted by molar-refractivity contribution is -0.119. The predicted octanol–water partition coefficient (Wildman–Crippen LogP) is 2.53. The minimum atomic E-state index is -0.340. The Kier molecular flexibility index (Phi) is 6.13. The number of hydrogen-bond donors (Lipinski definition) is 2. The van der Waals surface area contributed by atoms with Crippen LogP contribution in [0.4, 0.5) is 10.1 Å². The number of nitrogens with zero attached hydrogens (tertiary/aromatic N) is 2. The first-order chi connectivity index (χ1) is 13.5. The summed E-state index contributed by atoms with van der Waals surface area (Å²) < 4.78 is 19.5. The molecule has 0 radical (unpaired) electrons. The molecule has 2 amide bonds. The van der Waals surface area contributed by atoms with Crippen molar-refractivity contribution in [3.05, 3.63) is 77.9 Å². The highest BCUT2D eigenvalue weighted by atomic mass is 19.1. The molecule has 3 aromatic rings. The molecule has 1 aromatic heterocycles. The van der Waals surface area contributed by atoms with Gasteiger partial charge in [0.25, 0.3) is 5.91 Å². The fourth-order valence-electron chi connectivity index (χ4n) is 2.55. The molecule has 0 fully saturated rings. The Morgan fingerprint density at radius 2 is 1.96 bits per heavy atom. The van der Waals surface area contributed by atoms with Crippen molar-refractivity contribution in [3.63, 3.8) is 0 Å². The van der Waals surface area contributed by atoms with Crippen molar-refractivity contribution in [2.75, 3.05) is 19.0 Å². The number of halogens is 1. The second-order valence-corrected chi connectivity index (χ2v) is 6.01. The Labute approximate surface area is 161 Å². The molecular formula is C20H19FN4O3. The van der Waals surface area contributed by atoms with E-state index in [9.17, 15) is 14.0 Å². The quantitative estimate of drug-likeness (QED) is 0.658. The van der Waals surface area contributed by atoms with Crippen LogP contribution in [0.2, 0.25) is 0 Å². The van der Waals surface area contributed by atoms with Crippen molar-refractivity contribution in [1.82, 2.24) is 15.1 Å². The van der Waals surface area contributed by atoms with Gasteiger partial charge in [0.05, 0.1) is 23.8 Å². The van der Waals surface area contributed by atoms with Crippen molar-refractivity contribution in [1.29, 1.82) is 0 Å². The van der Waals surface area contributed by atoms with Crippen LogP contribution in [0.3, 0.4) is 0 Å². The van der Waals surface area contributed by atoms with E-state index in [2.05, 4.69) is 15.7 Å². The Balaban J connectivity index is 1.60.